The molecule has 0 unspecified atom stereocenters. The van der Waals surface area contributed by atoms with Crippen molar-refractivity contribution in [1.82, 2.24) is 0 Å². The molecule has 0 amide bonds. The number of ether oxygens (including phenoxy) is 2. The lowest BCUT2D eigenvalue weighted by molar-refractivity contribution is -0.182. The van der Waals surface area contributed by atoms with Crippen molar-refractivity contribution in [3.63, 3.8) is 0 Å². The van der Waals surface area contributed by atoms with Crippen LogP contribution >= 0.6 is 0 Å². The zero-order chi connectivity index (χ0) is 25.6. The van der Waals surface area contributed by atoms with E-state index in [1.54, 1.807) is 0 Å². The van der Waals surface area contributed by atoms with Gasteiger partial charge in [0.2, 0.25) is 0 Å². The van der Waals surface area contributed by atoms with Crippen LogP contribution in [0.5, 0.6) is 0 Å². The molecule has 1 N–H and O–H groups in total. The zero-order valence-electron chi connectivity index (χ0n) is 22.9. The van der Waals surface area contributed by atoms with E-state index in [1.165, 1.54) is 5.57 Å². The van der Waals surface area contributed by atoms with Crippen LogP contribution in [0, 0.1) is 39.4 Å². The minimum Gasteiger partial charge on any atom is -0.390 e. The normalized spacial score (nSPS) is 52.4. The molecule has 0 bridgehead atoms. The fourth-order valence-electron chi connectivity index (χ4n) is 10.3. The quantitative estimate of drug-likeness (QED) is 0.566. The Bertz CT molecular complexity index is 1040. The van der Waals surface area contributed by atoms with Gasteiger partial charge in [-0.2, -0.15) is 0 Å². The molecule has 6 rings (SSSR count). The van der Waals surface area contributed by atoms with Gasteiger partial charge in [-0.15, -0.1) is 0 Å². The van der Waals surface area contributed by atoms with Crippen LogP contribution in [-0.4, -0.2) is 46.2 Å². The maximum Gasteiger partial charge on any atom is 0.159 e. The summed E-state index contributed by atoms with van der Waals surface area (Å²) in [5.41, 5.74) is -0.299. The van der Waals surface area contributed by atoms with E-state index in [2.05, 4.69) is 41.5 Å². The molecule has 194 valence electrons. The molecule has 0 aromatic rings. The Morgan fingerprint density at radius 1 is 1.06 bits per heavy atom. The van der Waals surface area contributed by atoms with E-state index in [4.69, 9.17) is 9.47 Å². The third-order valence-electron chi connectivity index (χ3n) is 12.5. The number of carbonyl (C=O) groups excluding carboxylic acids is 2. The van der Waals surface area contributed by atoms with Gasteiger partial charge in [0.25, 0.3) is 0 Å². The predicted octanol–water partition coefficient (Wildman–Crippen LogP) is 5.04. The number of allylic oxidation sites excluding steroid dienone is 1. The number of fused-ring (bicyclic) bond motifs is 7. The van der Waals surface area contributed by atoms with Crippen LogP contribution in [0.15, 0.2) is 11.6 Å². The smallest absolute Gasteiger partial charge is 0.159 e. The second-order valence-electron chi connectivity index (χ2n) is 14.8. The highest BCUT2D eigenvalue weighted by Gasteiger charge is 2.79. The van der Waals surface area contributed by atoms with Crippen LogP contribution in [0.25, 0.3) is 0 Å². The summed E-state index contributed by atoms with van der Waals surface area (Å²) in [6.07, 6.45) is 6.36. The van der Waals surface area contributed by atoms with Crippen molar-refractivity contribution in [3.8, 4) is 0 Å². The average Bonchev–Trinajstić information content (AvgIpc) is 3.60. The molecule has 5 nitrogen and oxygen atoms in total. The summed E-state index contributed by atoms with van der Waals surface area (Å²) in [5.74, 6) is 0.896. The Balaban J connectivity index is 1.36. The second-order valence-corrected chi connectivity index (χ2v) is 14.8. The van der Waals surface area contributed by atoms with Gasteiger partial charge in [-0.25, -0.2) is 0 Å². The van der Waals surface area contributed by atoms with Crippen LogP contribution in [0.4, 0.5) is 0 Å². The van der Waals surface area contributed by atoms with E-state index >= 15 is 0 Å². The fraction of sp³-hybridized carbons (Fsp3) is 0.867. The van der Waals surface area contributed by atoms with Gasteiger partial charge in [-0.3, -0.25) is 9.59 Å². The molecule has 0 radical (unpaired) electrons. The number of Topliss-reactive ketones (excluding diaryl/α,β-unsaturated/α-hetero) is 1. The highest BCUT2D eigenvalue weighted by molar-refractivity contribution is 5.97. The number of epoxide rings is 2. The molecule has 0 spiro atoms. The minimum absolute atomic E-state index is 0.0639. The molecule has 10 atom stereocenters. The lowest BCUT2D eigenvalue weighted by Gasteiger charge is -2.66. The summed E-state index contributed by atoms with van der Waals surface area (Å²) in [4.78, 5) is 27.0. The van der Waals surface area contributed by atoms with Crippen molar-refractivity contribution in [2.45, 2.75) is 123 Å². The molecule has 0 aromatic heterocycles. The number of rotatable bonds is 4. The Hall–Kier alpha value is -1.04. The molecule has 6 aliphatic rings. The minimum atomic E-state index is -0.523. The lowest BCUT2D eigenvalue weighted by Crippen LogP contribution is -2.64. The standard InChI is InChI=1S/C30H44O5/c1-16(13-18(32)24-26(4,5)35-24)30-20-14-17(31)23-27(6)11-10-21(33)25(2,3)19(27)9-12-28(23,7)29(20,8)15-22(30)34-30/h14,16,18-19,22-24,32H,9-13,15H2,1-8H3/t16-,18+,19+,22+,23+,24-,27+,28+,29+,30-/m1/s1. The van der Waals surface area contributed by atoms with Crippen LogP contribution in [0.2, 0.25) is 0 Å². The van der Waals surface area contributed by atoms with E-state index in [1.807, 2.05) is 19.9 Å². The monoisotopic (exact) mass is 484 g/mol. The summed E-state index contributed by atoms with van der Waals surface area (Å²) >= 11 is 0. The SMILES string of the molecule is C[C@H](C[C@H](O)[C@H]1OC1(C)C)[C@]12O[C@H]1C[C@@]1(C)C2=CC(=O)[C@H]2[C@@]3(C)CCC(=O)C(C)(C)[C@@H]3CC[C@@]21C. The highest BCUT2D eigenvalue weighted by Crippen LogP contribution is 2.77. The summed E-state index contributed by atoms with van der Waals surface area (Å²) in [7, 11) is 0. The molecule has 5 fully saturated rings. The predicted molar refractivity (Wildman–Crippen MR) is 133 cm³/mol. The fourth-order valence-corrected chi connectivity index (χ4v) is 10.3. The maximum atomic E-state index is 14.1. The first-order valence-corrected chi connectivity index (χ1v) is 13.9. The summed E-state index contributed by atoms with van der Waals surface area (Å²) in [5, 5.41) is 10.9. The first-order chi connectivity index (χ1) is 16.1. The molecule has 3 saturated carbocycles. The summed E-state index contributed by atoms with van der Waals surface area (Å²) < 4.78 is 12.1. The maximum absolute atomic E-state index is 14.1. The summed E-state index contributed by atoms with van der Waals surface area (Å²) in [6.45, 7) is 17.5. The van der Waals surface area contributed by atoms with Crippen LogP contribution < -0.4 is 0 Å². The first kappa shape index (κ1) is 24.3. The topological polar surface area (TPSA) is 79.4 Å². The Morgan fingerprint density at radius 3 is 2.34 bits per heavy atom. The van der Waals surface area contributed by atoms with Gasteiger partial charge in [0, 0.05) is 23.2 Å². The number of hydrogen-bond acceptors (Lipinski definition) is 5. The van der Waals surface area contributed by atoms with Gasteiger partial charge < -0.3 is 14.6 Å². The van der Waals surface area contributed by atoms with Crippen LogP contribution in [0.3, 0.4) is 0 Å². The Labute approximate surface area is 210 Å². The number of hydrogen-bond donors (Lipinski definition) is 1. The van der Waals surface area contributed by atoms with Crippen molar-refractivity contribution in [2.24, 2.45) is 39.4 Å². The molecule has 2 saturated heterocycles. The third kappa shape index (κ3) is 2.76. The van der Waals surface area contributed by atoms with Gasteiger partial charge in [0.1, 0.15) is 17.5 Å². The number of carbonyl (C=O) groups is 2. The van der Waals surface area contributed by atoms with E-state index in [9.17, 15) is 14.7 Å². The average molecular weight is 485 g/mol. The first-order valence-electron chi connectivity index (χ1n) is 13.9. The molecular weight excluding hydrogens is 440 g/mol. The molecule has 0 aromatic carbocycles. The zero-order valence-corrected chi connectivity index (χ0v) is 22.9. The highest BCUT2D eigenvalue weighted by atomic mass is 16.6. The Kier molecular flexibility index (Phi) is 4.64. The van der Waals surface area contributed by atoms with Crippen molar-refractivity contribution in [1.29, 1.82) is 0 Å². The molecule has 35 heavy (non-hydrogen) atoms. The van der Waals surface area contributed by atoms with Crippen molar-refractivity contribution in [2.75, 3.05) is 0 Å². The van der Waals surface area contributed by atoms with Crippen molar-refractivity contribution in [3.05, 3.63) is 11.6 Å². The lowest BCUT2D eigenvalue weighted by atomic mass is 9.36. The largest absolute Gasteiger partial charge is 0.390 e. The van der Waals surface area contributed by atoms with E-state index in [-0.39, 0.29) is 63.0 Å². The number of aliphatic hydroxyl groups excluding tert-OH is 1. The van der Waals surface area contributed by atoms with Gasteiger partial charge in [0.15, 0.2) is 5.78 Å². The van der Waals surface area contributed by atoms with E-state index in [0.717, 1.165) is 25.7 Å². The molecule has 5 heteroatoms. The molecular formula is C30H44O5. The van der Waals surface area contributed by atoms with Gasteiger partial charge in [-0.05, 0) is 80.3 Å². The molecule has 2 heterocycles. The van der Waals surface area contributed by atoms with Gasteiger partial charge >= 0.3 is 0 Å². The number of ketones is 2. The van der Waals surface area contributed by atoms with Crippen LogP contribution in [0.1, 0.15) is 93.9 Å². The molecule has 2 aliphatic heterocycles. The molecule has 4 aliphatic carbocycles. The van der Waals surface area contributed by atoms with E-state index in [0.29, 0.717) is 18.6 Å². The van der Waals surface area contributed by atoms with E-state index < -0.39 is 11.7 Å². The second kappa shape index (κ2) is 6.69. The van der Waals surface area contributed by atoms with Gasteiger partial charge in [0.05, 0.1) is 17.8 Å². The van der Waals surface area contributed by atoms with Crippen molar-refractivity contribution < 1.29 is 24.2 Å². The Morgan fingerprint density at radius 2 is 1.71 bits per heavy atom. The van der Waals surface area contributed by atoms with Gasteiger partial charge in [-0.1, -0.05) is 41.5 Å². The van der Waals surface area contributed by atoms with Crippen LogP contribution in [-0.2, 0) is 19.1 Å². The number of aliphatic hydroxyl groups is 1. The van der Waals surface area contributed by atoms with Crippen molar-refractivity contribution >= 4 is 11.6 Å². The third-order valence-corrected chi connectivity index (χ3v) is 12.5. The summed E-state index contributed by atoms with van der Waals surface area (Å²) in [6, 6.07) is 0.